The Morgan fingerprint density at radius 1 is 1.16 bits per heavy atom. The van der Waals surface area contributed by atoms with Gasteiger partial charge in [0, 0.05) is 12.5 Å². The van der Waals surface area contributed by atoms with E-state index in [1.54, 1.807) is 0 Å². The van der Waals surface area contributed by atoms with Gasteiger partial charge in [0.1, 0.15) is 5.01 Å². The molecule has 0 atom stereocenters. The number of nitrogens with zero attached hydrogens (tertiary/aromatic N) is 2. The van der Waals surface area contributed by atoms with E-state index in [1.807, 2.05) is 0 Å². The average molecular weight is 280 g/mol. The number of hydrogen-bond acceptors (Lipinski definition) is 4. The van der Waals surface area contributed by atoms with Gasteiger partial charge in [0.15, 0.2) is 0 Å². The second kappa shape index (κ2) is 5.86. The number of carbonyl (C=O) groups is 1. The second-order valence-electron chi connectivity index (χ2n) is 5.56. The Kier molecular flexibility index (Phi) is 3.96. The molecule has 2 fully saturated rings. The fourth-order valence-electron chi connectivity index (χ4n) is 2.55. The lowest BCUT2D eigenvalue weighted by Crippen LogP contribution is -2.33. The number of anilines is 1. The average Bonchev–Trinajstić information content (AvgIpc) is 3.19. The highest BCUT2D eigenvalue weighted by molar-refractivity contribution is 7.15. The van der Waals surface area contributed by atoms with Crippen LogP contribution in [-0.2, 0) is 0 Å². The molecule has 1 aromatic heterocycles. The maximum absolute atomic E-state index is 11.8. The summed E-state index contributed by atoms with van der Waals surface area (Å²) in [5.74, 6) is 1.24. The van der Waals surface area contributed by atoms with Crippen molar-refractivity contribution in [1.82, 2.24) is 15.5 Å². The first-order chi connectivity index (χ1) is 9.31. The molecule has 0 bridgehead atoms. The van der Waals surface area contributed by atoms with Crippen LogP contribution in [-0.4, -0.2) is 22.8 Å². The monoisotopic (exact) mass is 280 g/mol. The molecule has 2 aliphatic rings. The Morgan fingerprint density at radius 3 is 2.68 bits per heavy atom. The van der Waals surface area contributed by atoms with Gasteiger partial charge in [-0.3, -0.25) is 5.32 Å². The number of rotatable bonds is 4. The zero-order valence-corrected chi connectivity index (χ0v) is 11.8. The molecule has 5 nitrogen and oxygen atoms in total. The van der Waals surface area contributed by atoms with Crippen LogP contribution in [0.4, 0.5) is 9.93 Å². The van der Waals surface area contributed by atoms with E-state index in [0.717, 1.165) is 11.6 Å². The van der Waals surface area contributed by atoms with Crippen molar-refractivity contribution in [2.24, 2.45) is 5.92 Å². The molecule has 2 saturated carbocycles. The lowest BCUT2D eigenvalue weighted by atomic mass is 9.89. The number of urea groups is 1. The number of aromatic nitrogens is 2. The van der Waals surface area contributed by atoms with Crippen LogP contribution < -0.4 is 10.6 Å². The van der Waals surface area contributed by atoms with E-state index in [4.69, 9.17) is 0 Å². The van der Waals surface area contributed by atoms with E-state index in [1.165, 1.54) is 56.3 Å². The molecule has 0 unspecified atom stereocenters. The molecule has 19 heavy (non-hydrogen) atoms. The molecule has 0 radical (unpaired) electrons. The molecule has 0 saturated heterocycles. The Hall–Kier alpha value is -1.17. The van der Waals surface area contributed by atoms with Crippen molar-refractivity contribution in [3.8, 4) is 0 Å². The van der Waals surface area contributed by atoms with E-state index < -0.39 is 0 Å². The molecule has 0 spiro atoms. The van der Waals surface area contributed by atoms with Crippen LogP contribution in [0.5, 0.6) is 0 Å². The molecule has 2 aliphatic carbocycles. The van der Waals surface area contributed by atoms with E-state index in [9.17, 15) is 4.79 Å². The Morgan fingerprint density at radius 2 is 1.95 bits per heavy atom. The molecule has 0 aliphatic heterocycles. The minimum absolute atomic E-state index is 0.149. The van der Waals surface area contributed by atoms with Crippen LogP contribution in [0.25, 0.3) is 0 Å². The summed E-state index contributed by atoms with van der Waals surface area (Å²) < 4.78 is 0. The maximum atomic E-state index is 11.8. The van der Waals surface area contributed by atoms with Gasteiger partial charge in [0.2, 0.25) is 5.13 Å². The molecule has 1 heterocycles. The van der Waals surface area contributed by atoms with E-state index in [-0.39, 0.29) is 6.03 Å². The predicted molar refractivity (Wildman–Crippen MR) is 75.5 cm³/mol. The summed E-state index contributed by atoms with van der Waals surface area (Å²) in [7, 11) is 0. The van der Waals surface area contributed by atoms with Crippen LogP contribution in [0, 0.1) is 5.92 Å². The first-order valence-corrected chi connectivity index (χ1v) is 8.01. The van der Waals surface area contributed by atoms with Crippen LogP contribution in [0.2, 0.25) is 0 Å². The number of nitrogens with one attached hydrogen (secondary N) is 2. The first-order valence-electron chi connectivity index (χ1n) is 7.19. The summed E-state index contributed by atoms with van der Waals surface area (Å²) in [6.07, 6.45) is 8.85. The molecule has 6 heteroatoms. The van der Waals surface area contributed by atoms with Crippen LogP contribution in [0.15, 0.2) is 0 Å². The minimum atomic E-state index is -0.149. The Balaban J connectivity index is 1.42. The molecule has 2 N–H and O–H groups in total. The molecule has 1 aromatic rings. The van der Waals surface area contributed by atoms with Crippen molar-refractivity contribution in [2.75, 3.05) is 11.9 Å². The first kappa shape index (κ1) is 12.8. The van der Waals surface area contributed by atoms with Crippen LogP contribution >= 0.6 is 11.3 Å². The highest BCUT2D eigenvalue weighted by atomic mass is 32.1. The number of amides is 2. The summed E-state index contributed by atoms with van der Waals surface area (Å²) in [5.41, 5.74) is 0. The van der Waals surface area contributed by atoms with Crippen molar-refractivity contribution < 1.29 is 4.79 Å². The van der Waals surface area contributed by atoms with Gasteiger partial charge in [0.05, 0.1) is 0 Å². The maximum Gasteiger partial charge on any atom is 0.321 e. The van der Waals surface area contributed by atoms with Crippen molar-refractivity contribution in [1.29, 1.82) is 0 Å². The summed E-state index contributed by atoms with van der Waals surface area (Å²) in [6, 6.07) is -0.149. The van der Waals surface area contributed by atoms with Crippen molar-refractivity contribution in [3.63, 3.8) is 0 Å². The summed E-state index contributed by atoms with van der Waals surface area (Å²) in [5, 5.41) is 15.5. The fourth-order valence-corrected chi connectivity index (χ4v) is 3.46. The predicted octanol–water partition coefficient (Wildman–Crippen LogP) is 3.12. The second-order valence-corrected chi connectivity index (χ2v) is 6.57. The topological polar surface area (TPSA) is 66.9 Å². The van der Waals surface area contributed by atoms with Gasteiger partial charge in [0.25, 0.3) is 0 Å². The van der Waals surface area contributed by atoms with Gasteiger partial charge >= 0.3 is 6.03 Å². The van der Waals surface area contributed by atoms with E-state index in [2.05, 4.69) is 20.8 Å². The van der Waals surface area contributed by atoms with Crippen molar-refractivity contribution in [3.05, 3.63) is 5.01 Å². The zero-order chi connectivity index (χ0) is 13.1. The SMILES string of the molecule is O=C(NCC1CCCCC1)Nc1nnc(C2CC2)s1. The highest BCUT2D eigenvalue weighted by Gasteiger charge is 2.27. The fraction of sp³-hybridized carbons (Fsp3) is 0.769. The van der Waals surface area contributed by atoms with Gasteiger partial charge in [-0.2, -0.15) is 0 Å². The molecule has 0 aromatic carbocycles. The summed E-state index contributed by atoms with van der Waals surface area (Å²) in [6.45, 7) is 0.778. The van der Waals surface area contributed by atoms with Crippen LogP contribution in [0.1, 0.15) is 55.9 Å². The third kappa shape index (κ3) is 3.65. The molecular formula is C13H20N4OS. The quantitative estimate of drug-likeness (QED) is 0.890. The minimum Gasteiger partial charge on any atom is -0.338 e. The number of carbonyl (C=O) groups excluding carboxylic acids is 1. The number of hydrogen-bond donors (Lipinski definition) is 2. The van der Waals surface area contributed by atoms with Crippen LogP contribution in [0.3, 0.4) is 0 Å². The third-order valence-corrected chi connectivity index (χ3v) is 4.86. The molecule has 104 valence electrons. The third-order valence-electron chi connectivity index (χ3n) is 3.86. The van der Waals surface area contributed by atoms with Gasteiger partial charge in [-0.05, 0) is 31.6 Å². The van der Waals surface area contributed by atoms with Gasteiger partial charge in [-0.25, -0.2) is 4.79 Å². The Bertz CT molecular complexity index is 438. The van der Waals surface area contributed by atoms with Gasteiger partial charge in [-0.15, -0.1) is 10.2 Å². The van der Waals surface area contributed by atoms with Gasteiger partial charge < -0.3 is 5.32 Å². The molecular weight excluding hydrogens is 260 g/mol. The normalized spacial score (nSPS) is 20.2. The Labute approximate surface area is 117 Å². The zero-order valence-electron chi connectivity index (χ0n) is 11.0. The lowest BCUT2D eigenvalue weighted by Gasteiger charge is -2.21. The standard InChI is InChI=1S/C13H20N4OS/c18-12(14-8-9-4-2-1-3-5-9)15-13-17-16-11(19-13)10-6-7-10/h9-10H,1-8H2,(H2,14,15,17,18). The van der Waals surface area contributed by atoms with E-state index >= 15 is 0 Å². The summed E-state index contributed by atoms with van der Waals surface area (Å²) in [4.78, 5) is 11.8. The molecule has 2 amide bonds. The smallest absolute Gasteiger partial charge is 0.321 e. The van der Waals surface area contributed by atoms with Crippen molar-refractivity contribution in [2.45, 2.75) is 50.9 Å². The van der Waals surface area contributed by atoms with E-state index in [0.29, 0.717) is 17.0 Å². The molecule has 3 rings (SSSR count). The summed E-state index contributed by atoms with van der Waals surface area (Å²) >= 11 is 1.50. The lowest BCUT2D eigenvalue weighted by molar-refractivity contribution is 0.247. The van der Waals surface area contributed by atoms with Crippen molar-refractivity contribution >= 4 is 22.5 Å². The largest absolute Gasteiger partial charge is 0.338 e. The van der Waals surface area contributed by atoms with Gasteiger partial charge in [-0.1, -0.05) is 30.6 Å². The highest BCUT2D eigenvalue weighted by Crippen LogP contribution is 2.41.